The van der Waals surface area contributed by atoms with E-state index in [1.54, 1.807) is 60.7 Å². The Labute approximate surface area is 558 Å². The molecule has 13 amide bonds. The van der Waals surface area contributed by atoms with Crippen LogP contribution in [0.5, 0.6) is 0 Å². The zero-order valence-electron chi connectivity index (χ0n) is 54.5. The highest BCUT2D eigenvalue weighted by Crippen LogP contribution is 2.24. The van der Waals surface area contributed by atoms with Gasteiger partial charge in [0.1, 0.15) is 54.4 Å². The number of likely N-dealkylation sites (tertiary alicyclic amines) is 2. The van der Waals surface area contributed by atoms with Gasteiger partial charge in [-0.2, -0.15) is 11.8 Å². The molecule has 2 saturated heterocycles. The number of nitrogens with one attached hydrogen (secondary N) is 8. The van der Waals surface area contributed by atoms with E-state index in [9.17, 15) is 62.3 Å². The lowest BCUT2D eigenvalue weighted by Gasteiger charge is -2.32. The van der Waals surface area contributed by atoms with Crippen LogP contribution in [0.15, 0.2) is 65.7 Å². The van der Waals surface area contributed by atoms with Gasteiger partial charge in [0.2, 0.25) is 76.8 Å². The minimum atomic E-state index is -1.64. The second-order valence-corrected chi connectivity index (χ2v) is 25.1. The van der Waals surface area contributed by atoms with E-state index in [1.165, 1.54) is 21.6 Å². The minimum Gasteiger partial charge on any atom is -0.370 e. The number of nitrogens with two attached hydrogens (primary N) is 7. The first kappa shape index (κ1) is 78.5. The number of nitrogens with zero attached hydrogens (tertiary/aromatic N) is 3. The van der Waals surface area contributed by atoms with Crippen molar-refractivity contribution in [2.75, 3.05) is 44.7 Å². The molecular weight excluding hydrogens is 1250 g/mol. The molecule has 0 saturated carbocycles. The van der Waals surface area contributed by atoms with Crippen LogP contribution in [0.2, 0.25) is 0 Å². The topological polar surface area (TPSA) is 519 Å². The highest BCUT2D eigenvalue weighted by atomic mass is 32.2. The second-order valence-electron chi connectivity index (χ2n) is 24.1. The summed E-state index contributed by atoms with van der Waals surface area (Å²) in [6.45, 7) is 3.86. The highest BCUT2D eigenvalue weighted by molar-refractivity contribution is 7.98. The maximum atomic E-state index is 14.7. The van der Waals surface area contributed by atoms with Crippen LogP contribution in [0.3, 0.4) is 0 Å². The van der Waals surface area contributed by atoms with Crippen LogP contribution in [-0.2, 0) is 75.2 Å². The Bertz CT molecular complexity index is 2960. The van der Waals surface area contributed by atoms with Gasteiger partial charge in [-0.05, 0) is 119 Å². The molecular formula is C63H98N18O13S. The standard InChI is InChI=1S/C63H98N18O13S/c1-37(2)33-45(57(89)74-41(53(68)85)27-32-95-3)73-52(84)36-72-54(86)46(34-38-15-6-4-7-16-38)78-58(90)47(35-39-17-8-5-9-18-39)79-56(88)42(23-25-50(66)82)75-55(87)43(24-26-51(67)83)76-59(91)49-22-14-31-81(49)62(94)44(20-10-11-28-64)77-60(92)48-21-13-30-80(48)61(93)40(65)19-12-29-71-63(69)70/h4-9,15-18,37,40-49H,10-14,19-36,64-65H2,1-3H3,(H2,66,82)(H2,67,83)(H2,68,85)(H,72,86)(H,73,84)(H,74,89)(H,75,87)(H,76,91)(H,77,92)(H,78,90)(H,79,88)(H4,69,70,71)/t40-,41+,42+,43+,44+,45+,46+,47-,48+,49-/m1/s1. The molecule has 4 rings (SSSR count). The van der Waals surface area contributed by atoms with E-state index >= 15 is 0 Å². The van der Waals surface area contributed by atoms with Gasteiger partial charge in [0.25, 0.3) is 0 Å². The highest BCUT2D eigenvalue weighted by Gasteiger charge is 2.42. The SMILES string of the molecule is CSCC[C@H](NC(=O)[C@H](CC(C)C)NC(=O)CNC(=O)[C@H](Cc1ccccc1)NC(=O)[C@@H](Cc1ccccc1)NC(=O)[C@H](CCC(N)=O)NC(=O)[C@H](CCC(N)=O)NC(=O)[C@H]1CCCN1C(=O)[C@H](CCCCN)NC(=O)[C@@H]1CCCN1C(=O)[C@H](N)CCCN=C(N)N)C(N)=O. The fraction of sp³-hybridized carbons (Fsp3) is 0.587. The van der Waals surface area contributed by atoms with E-state index < -0.39 is 169 Å². The van der Waals surface area contributed by atoms with Crippen LogP contribution in [0.1, 0.15) is 121 Å². The molecule has 95 heavy (non-hydrogen) atoms. The maximum absolute atomic E-state index is 14.7. The summed E-state index contributed by atoms with van der Waals surface area (Å²) in [7, 11) is 0. The van der Waals surface area contributed by atoms with Crippen molar-refractivity contribution in [1.29, 1.82) is 0 Å². The molecule has 0 radical (unpaired) electrons. The fourth-order valence-corrected chi connectivity index (χ4v) is 11.5. The van der Waals surface area contributed by atoms with Crippen LogP contribution < -0.4 is 82.7 Å². The van der Waals surface area contributed by atoms with E-state index in [2.05, 4.69) is 47.5 Å². The molecule has 0 spiro atoms. The summed E-state index contributed by atoms with van der Waals surface area (Å²) in [6.07, 6.45) is 3.12. The summed E-state index contributed by atoms with van der Waals surface area (Å²) in [5, 5.41) is 21.1. The van der Waals surface area contributed by atoms with E-state index in [0.29, 0.717) is 55.4 Å². The second kappa shape index (κ2) is 41.0. The van der Waals surface area contributed by atoms with Gasteiger partial charge < -0.3 is 92.5 Å². The number of thioether (sulfide) groups is 1. The van der Waals surface area contributed by atoms with Gasteiger partial charge >= 0.3 is 0 Å². The maximum Gasteiger partial charge on any atom is 0.245 e. The molecule has 22 N–H and O–H groups in total. The van der Waals surface area contributed by atoms with Crippen molar-refractivity contribution in [3.05, 3.63) is 71.8 Å². The number of carbonyl (C=O) groups excluding carboxylic acids is 13. The third-order valence-corrected chi connectivity index (χ3v) is 16.7. The minimum absolute atomic E-state index is 0.0736. The van der Waals surface area contributed by atoms with Gasteiger partial charge in [-0.25, -0.2) is 0 Å². The molecule has 2 aromatic rings. The molecule has 2 fully saturated rings. The summed E-state index contributed by atoms with van der Waals surface area (Å²) in [5.74, 6) is -9.80. The molecule has 2 aliphatic rings. The summed E-state index contributed by atoms with van der Waals surface area (Å²) in [4.78, 5) is 185. The number of primary amides is 3. The molecule has 10 atom stereocenters. The lowest BCUT2D eigenvalue weighted by atomic mass is 10.0. The summed E-state index contributed by atoms with van der Waals surface area (Å²) >= 11 is 1.45. The first-order valence-corrected chi connectivity index (χ1v) is 33.6. The van der Waals surface area contributed by atoms with Gasteiger partial charge in [-0.15, -0.1) is 0 Å². The number of rotatable bonds is 42. The lowest BCUT2D eigenvalue weighted by molar-refractivity contribution is -0.144. The van der Waals surface area contributed by atoms with Crippen molar-refractivity contribution in [3.63, 3.8) is 0 Å². The molecule has 32 heteroatoms. The van der Waals surface area contributed by atoms with Gasteiger partial charge in [-0.1, -0.05) is 74.5 Å². The molecule has 0 aromatic heterocycles. The zero-order chi connectivity index (χ0) is 70.1. The van der Waals surface area contributed by atoms with Crippen molar-refractivity contribution in [3.8, 4) is 0 Å². The van der Waals surface area contributed by atoms with Crippen LogP contribution in [0.25, 0.3) is 0 Å². The predicted molar refractivity (Wildman–Crippen MR) is 356 cm³/mol. The van der Waals surface area contributed by atoms with E-state index in [4.69, 9.17) is 40.1 Å². The van der Waals surface area contributed by atoms with Gasteiger partial charge in [0.05, 0.1) is 12.6 Å². The number of hydrogen-bond donors (Lipinski definition) is 15. The number of amides is 13. The van der Waals surface area contributed by atoms with Crippen molar-refractivity contribution in [2.45, 2.75) is 183 Å². The predicted octanol–water partition coefficient (Wildman–Crippen LogP) is -3.71. The number of unbranched alkanes of at least 4 members (excludes halogenated alkanes) is 1. The molecule has 0 unspecified atom stereocenters. The van der Waals surface area contributed by atoms with Gasteiger partial charge in [0, 0.05) is 45.3 Å². The van der Waals surface area contributed by atoms with Crippen LogP contribution in [0.4, 0.5) is 0 Å². The third kappa shape index (κ3) is 27.5. The quantitative estimate of drug-likeness (QED) is 0.0173. The Morgan fingerprint density at radius 1 is 0.537 bits per heavy atom. The molecule has 2 aliphatic heterocycles. The van der Waals surface area contributed by atoms with Crippen molar-refractivity contribution in [2.24, 2.45) is 51.0 Å². The van der Waals surface area contributed by atoms with Crippen LogP contribution in [-0.4, -0.2) is 198 Å². The molecule has 0 bridgehead atoms. The zero-order valence-corrected chi connectivity index (χ0v) is 55.3. The average Bonchev–Trinajstić information content (AvgIpc) is 1.74. The Kier molecular flexibility index (Phi) is 33.9. The van der Waals surface area contributed by atoms with Crippen LogP contribution in [0, 0.1) is 5.92 Å². The summed E-state index contributed by atoms with van der Waals surface area (Å²) < 4.78 is 0. The number of guanidine groups is 1. The van der Waals surface area contributed by atoms with E-state index in [0.717, 1.165) is 0 Å². The summed E-state index contributed by atoms with van der Waals surface area (Å²) in [6, 6.07) is 4.51. The van der Waals surface area contributed by atoms with Crippen molar-refractivity contribution < 1.29 is 62.3 Å². The Balaban J connectivity index is 1.56. The van der Waals surface area contributed by atoms with Crippen molar-refractivity contribution >= 4 is 94.5 Å². The number of carbonyl (C=O) groups is 13. The Morgan fingerprint density at radius 3 is 1.51 bits per heavy atom. The largest absolute Gasteiger partial charge is 0.370 e. The fourth-order valence-electron chi connectivity index (χ4n) is 11.0. The van der Waals surface area contributed by atoms with Crippen molar-refractivity contribution in [1.82, 2.24) is 52.3 Å². The van der Waals surface area contributed by atoms with E-state index in [-0.39, 0.29) is 83.0 Å². The molecule has 2 aromatic carbocycles. The third-order valence-electron chi connectivity index (χ3n) is 16.0. The Hall–Kier alpha value is -8.91. The molecule has 2 heterocycles. The van der Waals surface area contributed by atoms with Gasteiger partial charge in [0.15, 0.2) is 5.96 Å². The number of benzene rings is 2. The molecule has 524 valence electrons. The molecule has 0 aliphatic carbocycles. The smallest absolute Gasteiger partial charge is 0.245 e. The average molecular weight is 1350 g/mol. The normalized spacial score (nSPS) is 16.8. The number of hydrogen-bond acceptors (Lipinski definition) is 17. The number of aliphatic imine (C=N–C) groups is 1. The first-order valence-electron chi connectivity index (χ1n) is 32.2. The van der Waals surface area contributed by atoms with Gasteiger partial charge in [-0.3, -0.25) is 67.3 Å². The molecule has 31 nitrogen and oxygen atoms in total. The monoisotopic (exact) mass is 1350 g/mol. The summed E-state index contributed by atoms with van der Waals surface area (Å²) in [5.41, 5.74) is 40.6. The van der Waals surface area contributed by atoms with E-state index in [1.807, 2.05) is 20.1 Å². The van der Waals surface area contributed by atoms with Crippen LogP contribution >= 0.6 is 11.8 Å². The Morgan fingerprint density at radius 2 is 1.01 bits per heavy atom. The first-order chi connectivity index (χ1) is 45.2. The lowest BCUT2D eigenvalue weighted by Crippen LogP contribution is -2.60.